The Hall–Kier alpha value is -17.0. The van der Waals surface area contributed by atoms with E-state index in [1.807, 2.05) is 203 Å². The van der Waals surface area contributed by atoms with Crippen LogP contribution in [0.15, 0.2) is 291 Å². The normalized spacial score (nSPS) is 11.2. The van der Waals surface area contributed by atoms with Crippen LogP contribution in [-0.2, 0) is 42.8 Å². The first-order valence-corrected chi connectivity index (χ1v) is 41.4. The fourth-order valence-corrected chi connectivity index (χ4v) is 14.5. The quantitative estimate of drug-likeness (QED) is 0.0449. The zero-order valence-corrected chi connectivity index (χ0v) is 69.0. The summed E-state index contributed by atoms with van der Waals surface area (Å²) >= 11 is 0. The number of ether oxygens (including phenoxy) is 4. The van der Waals surface area contributed by atoms with Gasteiger partial charge in [0, 0.05) is 43.1 Å². The Morgan fingerprint density at radius 3 is 0.852 bits per heavy atom. The topological polar surface area (TPSA) is 351 Å². The number of hydrogen-bond acceptors (Lipinski definition) is 24. The van der Waals surface area contributed by atoms with Crippen LogP contribution in [0.4, 0.5) is 17.6 Å². The molecule has 0 fully saturated rings. The van der Waals surface area contributed by atoms with Crippen LogP contribution in [0, 0.1) is 23.3 Å². The van der Waals surface area contributed by atoms with Crippen molar-refractivity contribution in [3.63, 3.8) is 0 Å². The van der Waals surface area contributed by atoms with Gasteiger partial charge in [-0.25, -0.2) is 50.6 Å². The molecular weight excluding hydrogens is 1670 g/mol. The van der Waals surface area contributed by atoms with Gasteiger partial charge in [-0.15, -0.1) is 24.5 Å². The van der Waals surface area contributed by atoms with Gasteiger partial charge in [0.1, 0.15) is 92.6 Å². The van der Waals surface area contributed by atoms with Crippen molar-refractivity contribution in [2.24, 2.45) is 7.05 Å². The number of para-hydroxylation sites is 8. The number of aromatic nitrogens is 24. The van der Waals surface area contributed by atoms with Crippen molar-refractivity contribution in [1.29, 1.82) is 0 Å². The van der Waals surface area contributed by atoms with Crippen LogP contribution in [0.5, 0.6) is 46.0 Å². The van der Waals surface area contributed by atoms with Crippen molar-refractivity contribution in [2.75, 3.05) is 6.26 Å². The molecule has 0 N–H and O–H groups in total. The Labute approximate surface area is 724 Å². The fourth-order valence-electron chi connectivity index (χ4n) is 13.9. The number of carbonyl (C=O) groups is 2. The smallest absolute Gasteiger partial charge is 0.254 e. The van der Waals surface area contributed by atoms with Gasteiger partial charge in [-0.05, 0) is 284 Å². The number of imidazole rings is 4. The maximum atomic E-state index is 13.1. The van der Waals surface area contributed by atoms with Gasteiger partial charge in [0.15, 0.2) is 23.3 Å². The lowest BCUT2D eigenvalue weighted by molar-refractivity contribution is 0.0884. The molecule has 37 heteroatoms. The van der Waals surface area contributed by atoms with E-state index in [-0.39, 0.29) is 60.2 Å². The zero-order valence-electron chi connectivity index (χ0n) is 68.2. The minimum absolute atomic E-state index is 0.0998. The maximum absolute atomic E-state index is 13.1. The van der Waals surface area contributed by atoms with Crippen molar-refractivity contribution in [3.05, 3.63) is 361 Å². The first kappa shape index (κ1) is 83.3. The van der Waals surface area contributed by atoms with Crippen LogP contribution in [0.3, 0.4) is 0 Å². The minimum atomic E-state index is -3.65. The third kappa shape index (κ3) is 19.0. The lowest BCUT2D eigenvalue weighted by atomic mass is 10.2. The number of tetrazole rings is 4. The summed E-state index contributed by atoms with van der Waals surface area (Å²) in [6.07, 6.45) is 2.48. The second-order valence-corrected chi connectivity index (χ2v) is 30.3. The lowest BCUT2D eigenvalue weighted by Gasteiger charge is -2.11. The molecule has 0 atom stereocenters. The largest absolute Gasteiger partial charge is 0.457 e. The molecule has 20 rings (SSSR count). The molecule has 0 saturated carbocycles. The summed E-state index contributed by atoms with van der Waals surface area (Å²) < 4.78 is 112. The van der Waals surface area contributed by atoms with Crippen molar-refractivity contribution in [2.45, 2.75) is 46.0 Å². The highest BCUT2D eigenvalue weighted by Gasteiger charge is 2.25. The lowest BCUT2D eigenvalue weighted by Crippen LogP contribution is -2.17. The molecule has 0 amide bonds. The molecule has 32 nitrogen and oxygen atoms in total. The summed E-state index contributed by atoms with van der Waals surface area (Å²) in [5.41, 5.74) is 10.4. The number of hydrogen-bond donors (Lipinski definition) is 0. The fraction of sp³-hybridized carbons (Fsp3) is 0.0989. The highest BCUT2D eigenvalue weighted by Crippen LogP contribution is 2.34. The number of fused-ring (bicyclic) bond motifs is 4. The predicted octanol–water partition coefficient (Wildman–Crippen LogP) is 16.2. The van der Waals surface area contributed by atoms with Crippen LogP contribution >= 0.6 is 0 Å². The van der Waals surface area contributed by atoms with Gasteiger partial charge in [-0.1, -0.05) is 55.5 Å². The van der Waals surface area contributed by atoms with Gasteiger partial charge in [-0.2, -0.15) is 9.36 Å². The van der Waals surface area contributed by atoms with Crippen molar-refractivity contribution < 1.29 is 54.5 Å². The van der Waals surface area contributed by atoms with Crippen molar-refractivity contribution in [1.82, 2.24) is 118 Å². The Morgan fingerprint density at radius 2 is 0.562 bits per heavy atom. The first-order chi connectivity index (χ1) is 62.3. The van der Waals surface area contributed by atoms with E-state index in [4.69, 9.17) is 33.9 Å². The van der Waals surface area contributed by atoms with E-state index in [1.54, 1.807) is 72.3 Å². The summed E-state index contributed by atoms with van der Waals surface area (Å²) in [5, 5.41) is 45.6. The molecule has 0 unspecified atom stereocenters. The molecule has 0 aliphatic carbocycles. The molecule has 0 bridgehead atoms. The van der Waals surface area contributed by atoms with Gasteiger partial charge >= 0.3 is 0 Å². The van der Waals surface area contributed by atoms with Crippen LogP contribution in [0.2, 0.25) is 0 Å². The molecule has 636 valence electrons. The first-order valence-electron chi connectivity index (χ1n) is 39.5. The molecule has 8 aromatic heterocycles. The number of benzene rings is 12. The predicted molar refractivity (Wildman–Crippen MR) is 461 cm³/mol. The third-order valence-corrected chi connectivity index (χ3v) is 20.7. The van der Waals surface area contributed by atoms with Gasteiger partial charge in [0.05, 0.1) is 76.1 Å². The molecule has 20 aromatic rings. The van der Waals surface area contributed by atoms with Crippen molar-refractivity contribution in [3.8, 4) is 68.7 Å². The summed E-state index contributed by atoms with van der Waals surface area (Å²) in [5.74, 6) is 7.47. The molecular formula is C91H70F4N24O8S. The third-order valence-electron chi connectivity index (χ3n) is 19.8. The van der Waals surface area contributed by atoms with Crippen LogP contribution in [0.25, 0.3) is 66.9 Å². The maximum Gasteiger partial charge on any atom is 0.254 e. The highest BCUT2D eigenvalue weighted by molar-refractivity contribution is 7.89. The molecule has 128 heavy (non-hydrogen) atoms. The molecule has 12 aromatic carbocycles. The van der Waals surface area contributed by atoms with E-state index in [0.717, 1.165) is 88.9 Å². The zero-order chi connectivity index (χ0) is 88.4. The summed E-state index contributed by atoms with van der Waals surface area (Å²) in [6, 6.07) is 84.4. The number of aryl methyl sites for hydroxylation is 1. The van der Waals surface area contributed by atoms with Crippen LogP contribution in [0.1, 0.15) is 76.5 Å². The van der Waals surface area contributed by atoms with Gasteiger partial charge < -0.3 is 18.9 Å². The Bertz CT molecular complexity index is 7450. The summed E-state index contributed by atoms with van der Waals surface area (Å²) in [4.78, 5) is 43.0. The van der Waals surface area contributed by atoms with Crippen LogP contribution in [-0.4, -0.2) is 145 Å². The second kappa shape index (κ2) is 37.0. The van der Waals surface area contributed by atoms with Gasteiger partial charge in [0.25, 0.3) is 10.0 Å². The minimum Gasteiger partial charge on any atom is -0.457 e. The Kier molecular flexibility index (Phi) is 24.1. The van der Waals surface area contributed by atoms with E-state index in [0.29, 0.717) is 88.0 Å². The van der Waals surface area contributed by atoms with Gasteiger partial charge in [-0.3, -0.25) is 27.9 Å². The van der Waals surface area contributed by atoms with Crippen LogP contribution < -0.4 is 18.9 Å². The average Bonchev–Trinajstić information content (AvgIpc) is 1.64. The molecule has 0 saturated heterocycles. The van der Waals surface area contributed by atoms with E-state index < -0.39 is 10.0 Å². The standard InChI is InChI=1S/C24H19FN6O2.C23H17FN6O2.C22H17FN6O3S.C22H17FN6O/c1-2-24(32)31-23(27-28-29-31)15-22-26-20-5-3-4-6-21(20)30(22)17-9-13-19(14-10-17)33-18-11-7-16(25)8-12-18;1-15(31)30-23(26-27-28-30)14-22-25-20-4-2-3-5-21(20)29(22)17-8-12-19(13-9-17)32-18-10-6-16(24)7-11-18;1-33(30,31)29-22(25-26-27-29)14-21-24-19-4-2-3-5-20(19)28(21)16-8-12-18(13-9-16)32-17-10-6-15(23)7-11-17;1-28-22(25-26-27-28)14-21-24-19-4-2-3-5-20(19)29(21)16-8-12-18(13-9-16)30-17-10-6-15(23)7-11-17/h3-14H,2,15H2,1H3;2-13H,14H2,1H3;2-13H,14H2,1H3;2-13H,14H2,1H3. The number of nitrogens with zero attached hydrogens (tertiary/aromatic N) is 24. The van der Waals surface area contributed by atoms with Crippen molar-refractivity contribution >= 4 is 66.0 Å². The number of carbonyl (C=O) groups excluding carboxylic acids is 2. The molecule has 0 radical (unpaired) electrons. The molecule has 8 heterocycles. The van der Waals surface area contributed by atoms with E-state index in [9.17, 15) is 35.6 Å². The number of halogens is 4. The Balaban J connectivity index is 0.000000120. The van der Waals surface area contributed by atoms with E-state index >= 15 is 0 Å². The second-order valence-electron chi connectivity index (χ2n) is 28.5. The number of rotatable bonds is 22. The molecule has 0 aliphatic heterocycles. The monoisotopic (exact) mass is 1730 g/mol. The summed E-state index contributed by atoms with van der Waals surface area (Å²) in [6.45, 7) is 3.17. The SMILES string of the molecule is CC(=O)n1nnnc1Cc1nc2ccccc2n1-c1ccc(Oc2ccc(F)cc2)cc1.CCC(=O)n1nnnc1Cc1nc2ccccc2n1-c1ccc(Oc2ccc(F)cc2)cc1.CS(=O)(=O)n1nnnc1Cc1nc2ccccc2n1-c1ccc(Oc2ccc(F)cc2)cc1.Cn1nnnc1Cc1nc2ccccc2n1-c1ccc(Oc2ccc(F)cc2)cc1. The molecule has 0 spiro atoms. The van der Waals surface area contributed by atoms with Gasteiger partial charge in [0.2, 0.25) is 11.8 Å². The summed E-state index contributed by atoms with van der Waals surface area (Å²) in [7, 11) is -1.84. The van der Waals surface area contributed by atoms with E-state index in [1.165, 1.54) is 64.8 Å². The molecule has 0 aliphatic rings. The average molecular weight is 1740 g/mol. The highest BCUT2D eigenvalue weighted by atomic mass is 32.2. The Morgan fingerprint density at radius 1 is 0.312 bits per heavy atom. The van der Waals surface area contributed by atoms with E-state index in [2.05, 4.69) is 71.7 Å².